The van der Waals surface area contributed by atoms with Crippen LogP contribution in [0.15, 0.2) is 34.8 Å². The summed E-state index contributed by atoms with van der Waals surface area (Å²) in [6.07, 6.45) is 2.02. The van der Waals surface area contributed by atoms with E-state index >= 15 is 0 Å². The fraction of sp³-hybridized carbons (Fsp3) is 0.333. The van der Waals surface area contributed by atoms with Gasteiger partial charge in [0.1, 0.15) is 23.7 Å². The molecule has 0 amide bonds. The second-order valence-electron chi connectivity index (χ2n) is 3.53. The molecule has 7 heteroatoms. The van der Waals surface area contributed by atoms with Gasteiger partial charge in [0.15, 0.2) is 0 Å². The van der Waals surface area contributed by atoms with E-state index in [9.17, 15) is 19.8 Å². The minimum Gasteiger partial charge on any atom is -0.509 e. The number of hydrogen-bond donors (Lipinski definition) is 2. The quantitative estimate of drug-likeness (QED) is 0.438. The summed E-state index contributed by atoms with van der Waals surface area (Å²) in [5, 5.41) is 19.4. The molecule has 19 heavy (non-hydrogen) atoms. The molecular formula is C12H14O7. The fourth-order valence-corrected chi connectivity index (χ4v) is 1.43. The second kappa shape index (κ2) is 6.60. The Morgan fingerprint density at radius 1 is 1.21 bits per heavy atom. The Kier molecular flexibility index (Phi) is 5.13. The van der Waals surface area contributed by atoms with Crippen LogP contribution in [0.4, 0.5) is 0 Å². The van der Waals surface area contributed by atoms with E-state index in [1.54, 1.807) is 0 Å². The Hall–Kier alpha value is -2.28. The highest BCUT2D eigenvalue weighted by atomic mass is 16.5. The molecule has 0 unspecified atom stereocenters. The van der Waals surface area contributed by atoms with E-state index in [4.69, 9.17) is 4.74 Å². The van der Waals surface area contributed by atoms with E-state index < -0.39 is 17.7 Å². The van der Waals surface area contributed by atoms with Crippen LogP contribution < -0.4 is 0 Å². The Morgan fingerprint density at radius 3 is 2.47 bits per heavy atom. The van der Waals surface area contributed by atoms with Crippen LogP contribution in [0.3, 0.4) is 0 Å². The first kappa shape index (κ1) is 14.8. The molecule has 0 saturated carbocycles. The molecule has 0 aromatic carbocycles. The van der Waals surface area contributed by atoms with Gasteiger partial charge in [-0.3, -0.25) is 0 Å². The van der Waals surface area contributed by atoms with Gasteiger partial charge in [0, 0.05) is 11.6 Å². The zero-order chi connectivity index (χ0) is 14.4. The van der Waals surface area contributed by atoms with Crippen molar-refractivity contribution in [1.82, 2.24) is 0 Å². The zero-order valence-corrected chi connectivity index (χ0v) is 10.5. The Bertz CT molecular complexity index is 470. The molecule has 0 saturated heterocycles. The number of aliphatic hydroxyl groups excluding tert-OH is 2. The van der Waals surface area contributed by atoms with E-state index in [1.807, 2.05) is 0 Å². The molecular weight excluding hydrogens is 256 g/mol. The summed E-state index contributed by atoms with van der Waals surface area (Å²) >= 11 is 0. The predicted molar refractivity (Wildman–Crippen MR) is 63.3 cm³/mol. The van der Waals surface area contributed by atoms with Gasteiger partial charge in [-0.05, 0) is 6.08 Å². The van der Waals surface area contributed by atoms with Crippen molar-refractivity contribution in [3.63, 3.8) is 0 Å². The molecule has 0 bridgehead atoms. The van der Waals surface area contributed by atoms with Gasteiger partial charge in [0.05, 0.1) is 20.8 Å². The van der Waals surface area contributed by atoms with Gasteiger partial charge in [0.2, 0.25) is 0 Å². The summed E-state index contributed by atoms with van der Waals surface area (Å²) in [4.78, 5) is 22.4. The maximum atomic E-state index is 11.5. The van der Waals surface area contributed by atoms with Crippen molar-refractivity contribution in [3.8, 4) is 0 Å². The van der Waals surface area contributed by atoms with Crippen LogP contribution in [0.2, 0.25) is 0 Å². The standard InChI is InChI=1S/C12H14O7/c1-17-10(15)4-3-8(13)7-5-19-6-9(14)11(7)12(16)18-2/h3-4,13-14H,5-6H2,1-2H3/b4-3+,8-7-. The Morgan fingerprint density at radius 2 is 1.89 bits per heavy atom. The lowest BCUT2D eigenvalue weighted by Gasteiger charge is -2.18. The van der Waals surface area contributed by atoms with E-state index in [2.05, 4.69) is 9.47 Å². The maximum absolute atomic E-state index is 11.5. The van der Waals surface area contributed by atoms with E-state index in [0.29, 0.717) is 0 Å². The SMILES string of the molecule is COC(=O)/C=C/C(O)=C1\COCC(O)=C1C(=O)OC. The summed E-state index contributed by atoms with van der Waals surface area (Å²) < 4.78 is 13.9. The number of allylic oxidation sites excluding steroid dienone is 1. The third-order valence-electron chi connectivity index (χ3n) is 2.35. The minimum absolute atomic E-state index is 0.0377. The van der Waals surface area contributed by atoms with Gasteiger partial charge < -0.3 is 24.4 Å². The summed E-state index contributed by atoms with van der Waals surface area (Å²) in [6.45, 7) is -0.242. The Labute approximate surface area is 109 Å². The molecule has 1 aliphatic rings. The van der Waals surface area contributed by atoms with Gasteiger partial charge >= 0.3 is 11.9 Å². The average molecular weight is 270 g/mol. The zero-order valence-electron chi connectivity index (χ0n) is 10.5. The smallest absolute Gasteiger partial charge is 0.341 e. The van der Waals surface area contributed by atoms with Crippen molar-refractivity contribution < 1.29 is 34.0 Å². The molecule has 1 heterocycles. The fourth-order valence-electron chi connectivity index (χ4n) is 1.43. The number of aliphatic hydroxyl groups is 2. The van der Waals surface area contributed by atoms with E-state index in [1.165, 1.54) is 7.11 Å². The molecule has 0 atom stereocenters. The van der Waals surface area contributed by atoms with Gasteiger partial charge in [0.25, 0.3) is 0 Å². The van der Waals surface area contributed by atoms with Crippen molar-refractivity contribution in [2.24, 2.45) is 0 Å². The highest BCUT2D eigenvalue weighted by Crippen LogP contribution is 2.23. The number of carbonyl (C=O) groups is 2. The van der Waals surface area contributed by atoms with E-state index in [0.717, 1.165) is 19.3 Å². The molecule has 0 fully saturated rings. The summed E-state index contributed by atoms with van der Waals surface area (Å²) in [5.74, 6) is -2.20. The van der Waals surface area contributed by atoms with E-state index in [-0.39, 0.29) is 30.1 Å². The maximum Gasteiger partial charge on any atom is 0.341 e. The number of methoxy groups -OCH3 is 2. The molecule has 104 valence electrons. The largest absolute Gasteiger partial charge is 0.509 e. The Balaban J connectivity index is 3.14. The number of esters is 2. The molecule has 0 radical (unpaired) electrons. The predicted octanol–water partition coefficient (Wildman–Crippen LogP) is 0.543. The van der Waals surface area contributed by atoms with Gasteiger partial charge in [-0.1, -0.05) is 0 Å². The minimum atomic E-state index is -0.797. The van der Waals surface area contributed by atoms with Crippen molar-refractivity contribution in [2.45, 2.75) is 0 Å². The normalized spacial score (nSPS) is 18.4. The lowest BCUT2D eigenvalue weighted by atomic mass is 10.0. The molecule has 0 spiro atoms. The first-order chi connectivity index (χ1) is 9.01. The molecule has 7 nitrogen and oxygen atoms in total. The number of rotatable bonds is 3. The van der Waals surface area contributed by atoms with Crippen LogP contribution in [-0.4, -0.2) is 49.6 Å². The first-order valence-corrected chi connectivity index (χ1v) is 5.28. The van der Waals surface area contributed by atoms with Crippen LogP contribution in [0, 0.1) is 0 Å². The molecule has 1 aliphatic heterocycles. The van der Waals surface area contributed by atoms with Crippen LogP contribution >= 0.6 is 0 Å². The van der Waals surface area contributed by atoms with Crippen molar-refractivity contribution in [3.05, 3.63) is 34.8 Å². The van der Waals surface area contributed by atoms with Gasteiger partial charge in [-0.2, -0.15) is 0 Å². The van der Waals surface area contributed by atoms with Crippen molar-refractivity contribution in [1.29, 1.82) is 0 Å². The highest BCUT2D eigenvalue weighted by molar-refractivity contribution is 5.94. The van der Waals surface area contributed by atoms with Crippen molar-refractivity contribution >= 4 is 11.9 Å². The lowest BCUT2D eigenvalue weighted by molar-refractivity contribution is -0.136. The monoisotopic (exact) mass is 270 g/mol. The van der Waals surface area contributed by atoms with Crippen LogP contribution in [0.5, 0.6) is 0 Å². The van der Waals surface area contributed by atoms with Gasteiger partial charge in [-0.25, -0.2) is 9.59 Å². The van der Waals surface area contributed by atoms with Crippen molar-refractivity contribution in [2.75, 3.05) is 27.4 Å². The number of carbonyl (C=O) groups excluding carboxylic acids is 2. The lowest BCUT2D eigenvalue weighted by Crippen LogP contribution is -2.22. The third-order valence-corrected chi connectivity index (χ3v) is 2.35. The first-order valence-electron chi connectivity index (χ1n) is 5.28. The topological polar surface area (TPSA) is 102 Å². The van der Waals surface area contributed by atoms with Crippen LogP contribution in [0.25, 0.3) is 0 Å². The number of hydrogen-bond acceptors (Lipinski definition) is 7. The molecule has 0 aromatic rings. The molecule has 0 aromatic heterocycles. The highest BCUT2D eigenvalue weighted by Gasteiger charge is 2.27. The van der Waals surface area contributed by atoms with Crippen LogP contribution in [-0.2, 0) is 23.8 Å². The summed E-state index contributed by atoms with van der Waals surface area (Å²) in [6, 6.07) is 0. The molecule has 0 aliphatic carbocycles. The second-order valence-corrected chi connectivity index (χ2v) is 3.53. The van der Waals surface area contributed by atoms with Crippen LogP contribution in [0.1, 0.15) is 0 Å². The number of ether oxygens (including phenoxy) is 3. The summed E-state index contributed by atoms with van der Waals surface area (Å²) in [7, 11) is 2.34. The molecule has 2 N–H and O–H groups in total. The molecule has 1 rings (SSSR count). The average Bonchev–Trinajstić information content (AvgIpc) is 2.43. The third kappa shape index (κ3) is 3.59. The van der Waals surface area contributed by atoms with Gasteiger partial charge in [-0.15, -0.1) is 0 Å². The summed E-state index contributed by atoms with van der Waals surface area (Å²) in [5.41, 5.74) is -0.128.